The second-order valence-corrected chi connectivity index (χ2v) is 9.10. The molecule has 7 heteroatoms. The number of rotatable bonds is 4. The minimum absolute atomic E-state index is 0.112. The Balaban J connectivity index is 2.07. The average molecular weight is 492 g/mol. The molecule has 1 aromatic carbocycles. The Hall–Kier alpha value is -3.15. The molecule has 0 atom stereocenters. The monoisotopic (exact) mass is 491 g/mol. The first kappa shape index (κ1) is 24.0. The van der Waals surface area contributed by atoms with Gasteiger partial charge in [-0.25, -0.2) is 4.98 Å². The average Bonchev–Trinajstić information content (AvgIpc) is 2.81. The largest absolute Gasteiger partial charge is 0.352 e. The third kappa shape index (κ3) is 4.86. The summed E-state index contributed by atoms with van der Waals surface area (Å²) in [6, 6.07) is 13.9. The second-order valence-electron chi connectivity index (χ2n) is 8.29. The smallest absolute Gasteiger partial charge is 0.0900 e. The fourth-order valence-corrected chi connectivity index (χ4v) is 4.13. The first-order valence-electron chi connectivity index (χ1n) is 11.2. The van der Waals surface area contributed by atoms with E-state index < -0.39 is 0 Å². The molecule has 0 radical (unpaired) electrons. The molecule has 2 heterocycles. The van der Waals surface area contributed by atoms with Gasteiger partial charge in [0.15, 0.2) is 0 Å². The summed E-state index contributed by atoms with van der Waals surface area (Å²) in [5.41, 5.74) is 5.38. The Labute approximate surface area is 209 Å². The zero-order valence-electron chi connectivity index (χ0n) is 19.9. The lowest BCUT2D eigenvalue weighted by Crippen LogP contribution is -2.39. The maximum Gasteiger partial charge on any atom is 0.0900 e. The molecule has 2 aromatic rings. The zero-order valence-corrected chi connectivity index (χ0v) is 21.4. The standard InChI is InChI=1S/C27H27Cl2N5/c1-6-22-26(7-2)34(19-10-11-20(28)21(29)12-19)27-14-24(31-16(3)4)23(13-25(27)33-22)32-18-9-8-17(5)30-15-18/h6-16,32H,1-5H3/b22-6+,26-7+,31-24+. The summed E-state index contributed by atoms with van der Waals surface area (Å²) in [4.78, 5) is 14.3. The molecular weight excluding hydrogens is 465 g/mol. The maximum absolute atomic E-state index is 6.40. The molecule has 1 aliphatic carbocycles. The molecule has 5 nitrogen and oxygen atoms in total. The van der Waals surface area contributed by atoms with Gasteiger partial charge in [0.2, 0.25) is 0 Å². The molecule has 174 valence electrons. The number of benzene rings is 2. The second kappa shape index (κ2) is 10.00. The molecule has 0 bridgehead atoms. The number of halogens is 2. The Morgan fingerprint density at radius 1 is 1.00 bits per heavy atom. The molecule has 0 unspecified atom stereocenters. The highest BCUT2D eigenvalue weighted by molar-refractivity contribution is 6.42. The molecule has 2 aliphatic rings. The molecule has 0 saturated heterocycles. The Morgan fingerprint density at radius 3 is 2.41 bits per heavy atom. The molecule has 0 saturated carbocycles. The molecule has 34 heavy (non-hydrogen) atoms. The van der Waals surface area contributed by atoms with E-state index >= 15 is 0 Å². The van der Waals surface area contributed by atoms with E-state index in [0.717, 1.165) is 50.2 Å². The van der Waals surface area contributed by atoms with E-state index in [1.54, 1.807) is 0 Å². The molecule has 0 fully saturated rings. The van der Waals surface area contributed by atoms with Crippen LogP contribution in [0, 0.1) is 6.92 Å². The fraction of sp³-hybridized carbons (Fsp3) is 0.222. The minimum Gasteiger partial charge on any atom is -0.352 e. The van der Waals surface area contributed by atoms with Gasteiger partial charge in [0.25, 0.3) is 0 Å². The highest BCUT2D eigenvalue weighted by Crippen LogP contribution is 2.27. The highest BCUT2D eigenvalue weighted by Gasteiger charge is 2.16. The van der Waals surface area contributed by atoms with Crippen LogP contribution in [-0.2, 0) is 0 Å². The van der Waals surface area contributed by atoms with Crippen LogP contribution in [0.3, 0.4) is 0 Å². The minimum atomic E-state index is 0.112. The number of hydrogen-bond donors (Lipinski definition) is 1. The zero-order chi connectivity index (χ0) is 24.4. The lowest BCUT2D eigenvalue weighted by molar-refractivity contribution is 0.805. The van der Waals surface area contributed by atoms with Gasteiger partial charge >= 0.3 is 0 Å². The van der Waals surface area contributed by atoms with Gasteiger partial charge in [0.05, 0.1) is 55.1 Å². The lowest BCUT2D eigenvalue weighted by atomic mass is 10.1. The molecule has 1 aromatic heterocycles. The maximum atomic E-state index is 6.40. The van der Waals surface area contributed by atoms with Crippen molar-refractivity contribution in [2.24, 2.45) is 4.99 Å². The summed E-state index contributed by atoms with van der Waals surface area (Å²) < 4.78 is 2.15. The summed E-state index contributed by atoms with van der Waals surface area (Å²) in [5.74, 6) is 0. The highest BCUT2D eigenvalue weighted by atomic mass is 35.5. The van der Waals surface area contributed by atoms with E-state index in [0.29, 0.717) is 10.0 Å². The molecule has 4 rings (SSSR count). The molecule has 1 aliphatic heterocycles. The molecule has 1 N–H and O–H groups in total. The third-order valence-corrected chi connectivity index (χ3v) is 6.11. The van der Waals surface area contributed by atoms with Crippen LogP contribution in [-0.4, -0.2) is 20.6 Å². The normalized spacial score (nSPS) is 13.4. The van der Waals surface area contributed by atoms with E-state index in [2.05, 4.69) is 34.8 Å². The van der Waals surface area contributed by atoms with E-state index in [1.807, 2.05) is 75.5 Å². The van der Waals surface area contributed by atoms with E-state index in [-0.39, 0.29) is 6.04 Å². The van der Waals surface area contributed by atoms with Crippen LogP contribution < -0.4 is 21.4 Å². The lowest BCUT2D eigenvalue weighted by Gasteiger charge is -2.19. The van der Waals surface area contributed by atoms with Crippen LogP contribution in [0.25, 0.3) is 29.2 Å². The van der Waals surface area contributed by atoms with Crippen LogP contribution >= 0.6 is 23.2 Å². The first-order valence-corrected chi connectivity index (χ1v) is 11.9. The SMILES string of the molecule is C/C=c1/nc2cc(Nc3ccc(C)nc3)/c(=N/C(C)C)cc-2n(-c2ccc(Cl)c(Cl)c2)/c1=C/C. The van der Waals surface area contributed by atoms with Gasteiger partial charge in [-0.1, -0.05) is 35.4 Å². The van der Waals surface area contributed by atoms with Gasteiger partial charge in [-0.2, -0.15) is 0 Å². The Morgan fingerprint density at radius 2 is 1.79 bits per heavy atom. The van der Waals surface area contributed by atoms with Gasteiger partial charge < -0.3 is 9.88 Å². The van der Waals surface area contributed by atoms with Crippen LogP contribution in [0.15, 0.2) is 53.7 Å². The van der Waals surface area contributed by atoms with Gasteiger partial charge in [-0.05, 0) is 77.1 Å². The van der Waals surface area contributed by atoms with Gasteiger partial charge in [0.1, 0.15) is 0 Å². The number of nitrogens with one attached hydrogen (secondary N) is 1. The number of anilines is 2. The summed E-state index contributed by atoms with van der Waals surface area (Å²) >= 11 is 12.6. The Bertz CT molecular complexity index is 1500. The predicted molar refractivity (Wildman–Crippen MR) is 143 cm³/mol. The number of aryl methyl sites for hydroxylation is 1. The van der Waals surface area contributed by atoms with Crippen molar-refractivity contribution in [3.05, 3.63) is 80.5 Å². The summed E-state index contributed by atoms with van der Waals surface area (Å²) in [6.45, 7) is 10.1. The number of fused-ring (bicyclic) bond motifs is 1. The molecular formula is C27H27Cl2N5. The van der Waals surface area contributed by atoms with Crippen LogP contribution in [0.4, 0.5) is 11.4 Å². The van der Waals surface area contributed by atoms with Gasteiger partial charge in [-0.15, -0.1) is 0 Å². The van der Waals surface area contributed by atoms with Crippen LogP contribution in [0.1, 0.15) is 33.4 Å². The molecule has 0 spiro atoms. The number of hydrogen-bond acceptors (Lipinski definition) is 4. The molecule has 0 amide bonds. The van der Waals surface area contributed by atoms with Crippen molar-refractivity contribution in [1.82, 2.24) is 14.5 Å². The summed E-state index contributed by atoms with van der Waals surface area (Å²) in [6.07, 6.45) is 5.88. The quantitative estimate of drug-likeness (QED) is 0.401. The van der Waals surface area contributed by atoms with Gasteiger partial charge in [-0.3, -0.25) is 9.98 Å². The van der Waals surface area contributed by atoms with Crippen molar-refractivity contribution >= 4 is 46.7 Å². The van der Waals surface area contributed by atoms with Crippen LogP contribution in [0.2, 0.25) is 10.0 Å². The van der Waals surface area contributed by atoms with Crippen molar-refractivity contribution in [2.75, 3.05) is 5.32 Å². The predicted octanol–water partition coefficient (Wildman–Crippen LogP) is 5.64. The van der Waals surface area contributed by atoms with E-state index in [4.69, 9.17) is 33.2 Å². The number of aromatic nitrogens is 3. The van der Waals surface area contributed by atoms with Crippen molar-refractivity contribution < 1.29 is 0 Å². The number of nitrogens with zero attached hydrogens (tertiary/aromatic N) is 4. The van der Waals surface area contributed by atoms with E-state index in [9.17, 15) is 0 Å². The van der Waals surface area contributed by atoms with Crippen LogP contribution in [0.5, 0.6) is 0 Å². The summed E-state index contributed by atoms with van der Waals surface area (Å²) in [5, 5.41) is 7.17. The topological polar surface area (TPSA) is 55.1 Å². The van der Waals surface area contributed by atoms with Crippen molar-refractivity contribution in [1.29, 1.82) is 0 Å². The number of pyridine rings is 1. The summed E-state index contributed by atoms with van der Waals surface area (Å²) in [7, 11) is 0. The first-order chi connectivity index (χ1) is 16.3. The van der Waals surface area contributed by atoms with E-state index in [1.165, 1.54) is 0 Å². The van der Waals surface area contributed by atoms with Crippen molar-refractivity contribution in [3.8, 4) is 17.1 Å². The third-order valence-electron chi connectivity index (χ3n) is 5.37. The van der Waals surface area contributed by atoms with Crippen molar-refractivity contribution in [3.63, 3.8) is 0 Å². The fourth-order valence-electron chi connectivity index (χ4n) is 3.84. The van der Waals surface area contributed by atoms with Crippen molar-refractivity contribution in [2.45, 2.75) is 40.7 Å². The van der Waals surface area contributed by atoms with Gasteiger partial charge in [0, 0.05) is 17.4 Å². The Kier molecular flexibility index (Phi) is 7.05.